The summed E-state index contributed by atoms with van der Waals surface area (Å²) >= 11 is 0. The molecule has 2 aromatic carbocycles. The van der Waals surface area contributed by atoms with Gasteiger partial charge in [-0.3, -0.25) is 9.52 Å². The molecule has 1 aliphatic heterocycles. The summed E-state index contributed by atoms with van der Waals surface area (Å²) in [5, 5.41) is 0. The lowest BCUT2D eigenvalue weighted by atomic mass is 10.1. The van der Waals surface area contributed by atoms with Crippen molar-refractivity contribution in [2.75, 3.05) is 17.8 Å². The molecule has 2 aromatic rings. The Kier molecular flexibility index (Phi) is 5.05. The first-order valence-electron chi connectivity index (χ1n) is 8.78. The zero-order valence-electron chi connectivity index (χ0n) is 15.4. The van der Waals surface area contributed by atoms with Crippen molar-refractivity contribution in [3.8, 4) is 0 Å². The molecule has 0 aliphatic carbocycles. The molecular weight excluding hydrogens is 348 g/mol. The van der Waals surface area contributed by atoms with Gasteiger partial charge in [0.2, 0.25) is 0 Å². The molecule has 0 spiro atoms. The lowest BCUT2D eigenvalue weighted by Crippen LogP contribution is -2.28. The van der Waals surface area contributed by atoms with Crippen LogP contribution in [0.2, 0.25) is 0 Å². The quantitative estimate of drug-likeness (QED) is 0.891. The van der Waals surface area contributed by atoms with E-state index in [2.05, 4.69) is 4.72 Å². The van der Waals surface area contributed by atoms with E-state index in [0.29, 0.717) is 16.8 Å². The topological polar surface area (TPSA) is 66.5 Å². The van der Waals surface area contributed by atoms with Crippen molar-refractivity contribution in [1.29, 1.82) is 0 Å². The Balaban J connectivity index is 1.93. The molecule has 0 atom stereocenters. The maximum atomic E-state index is 12.9. The number of hydrogen-bond acceptors (Lipinski definition) is 3. The third-order valence-electron chi connectivity index (χ3n) is 4.74. The molecule has 5 nitrogen and oxygen atoms in total. The minimum atomic E-state index is -3.78. The summed E-state index contributed by atoms with van der Waals surface area (Å²) in [7, 11) is -3.78. The van der Waals surface area contributed by atoms with Gasteiger partial charge in [0.25, 0.3) is 15.9 Å². The molecular formula is C20H24N2O3S. The standard InChI is InChI=1S/C20H24N2O3S/c1-14-6-9-18(16(3)12-14)21-26(24,25)19-13-17(8-7-15(19)2)20(23)22-10-4-5-11-22/h6-9,12-13,21H,4-5,10-11H2,1-3H3. The van der Waals surface area contributed by atoms with E-state index < -0.39 is 10.0 Å². The van der Waals surface area contributed by atoms with Gasteiger partial charge < -0.3 is 4.90 Å². The molecule has 1 N–H and O–H groups in total. The first kappa shape index (κ1) is 18.5. The minimum absolute atomic E-state index is 0.106. The predicted molar refractivity (Wildman–Crippen MR) is 103 cm³/mol. The Bertz CT molecular complexity index is 946. The molecule has 0 aromatic heterocycles. The molecule has 1 saturated heterocycles. The Morgan fingerprint density at radius 3 is 2.31 bits per heavy atom. The van der Waals surface area contributed by atoms with Crippen molar-refractivity contribution in [2.45, 2.75) is 38.5 Å². The summed E-state index contributed by atoms with van der Waals surface area (Å²) in [6.45, 7) is 7.03. The van der Waals surface area contributed by atoms with Crippen LogP contribution in [0.25, 0.3) is 0 Å². The molecule has 0 radical (unpaired) electrons. The van der Waals surface area contributed by atoms with Crippen molar-refractivity contribution < 1.29 is 13.2 Å². The van der Waals surface area contributed by atoms with Gasteiger partial charge in [-0.25, -0.2) is 8.42 Å². The number of rotatable bonds is 4. The van der Waals surface area contributed by atoms with Crippen LogP contribution in [-0.2, 0) is 10.0 Å². The zero-order valence-corrected chi connectivity index (χ0v) is 16.2. The van der Waals surface area contributed by atoms with Crippen LogP contribution in [0.15, 0.2) is 41.3 Å². The average Bonchev–Trinajstić information content (AvgIpc) is 3.11. The summed E-state index contributed by atoms with van der Waals surface area (Å²) < 4.78 is 28.5. The average molecular weight is 372 g/mol. The monoisotopic (exact) mass is 372 g/mol. The fourth-order valence-electron chi connectivity index (χ4n) is 3.25. The third kappa shape index (κ3) is 3.75. The van der Waals surface area contributed by atoms with E-state index in [9.17, 15) is 13.2 Å². The number of anilines is 1. The van der Waals surface area contributed by atoms with Gasteiger partial charge in [0.05, 0.1) is 10.6 Å². The molecule has 0 unspecified atom stereocenters. The van der Waals surface area contributed by atoms with Crippen molar-refractivity contribution in [3.63, 3.8) is 0 Å². The van der Waals surface area contributed by atoms with E-state index >= 15 is 0 Å². The van der Waals surface area contributed by atoms with Crippen molar-refractivity contribution in [3.05, 3.63) is 58.7 Å². The maximum Gasteiger partial charge on any atom is 0.262 e. The fraction of sp³-hybridized carbons (Fsp3) is 0.350. The summed E-state index contributed by atoms with van der Waals surface area (Å²) in [6.07, 6.45) is 1.99. The third-order valence-corrected chi connectivity index (χ3v) is 6.25. The molecule has 1 aliphatic rings. The van der Waals surface area contributed by atoms with Gasteiger partial charge in [-0.2, -0.15) is 0 Å². The second kappa shape index (κ2) is 7.11. The fourth-order valence-corrected chi connectivity index (χ4v) is 4.66. The first-order valence-corrected chi connectivity index (χ1v) is 10.3. The predicted octanol–water partition coefficient (Wildman–Crippen LogP) is 3.65. The zero-order chi connectivity index (χ0) is 18.9. The van der Waals surface area contributed by atoms with Crippen LogP contribution in [0.3, 0.4) is 0 Å². The smallest absolute Gasteiger partial charge is 0.262 e. The number of hydrogen-bond donors (Lipinski definition) is 1. The number of carbonyl (C=O) groups excluding carboxylic acids is 1. The normalized spacial score (nSPS) is 14.5. The number of carbonyl (C=O) groups is 1. The van der Waals surface area contributed by atoms with Crippen LogP contribution >= 0.6 is 0 Å². The van der Waals surface area contributed by atoms with Crippen LogP contribution < -0.4 is 4.72 Å². The maximum absolute atomic E-state index is 12.9. The van der Waals surface area contributed by atoms with Crippen molar-refractivity contribution in [2.24, 2.45) is 0 Å². The molecule has 1 fully saturated rings. The molecule has 6 heteroatoms. The summed E-state index contributed by atoms with van der Waals surface area (Å²) in [4.78, 5) is 14.5. The highest BCUT2D eigenvalue weighted by molar-refractivity contribution is 7.92. The van der Waals surface area contributed by atoms with Crippen LogP contribution in [0, 0.1) is 20.8 Å². The summed E-state index contributed by atoms with van der Waals surface area (Å²) in [6, 6.07) is 10.4. The molecule has 3 rings (SSSR count). The Labute approximate surface area is 155 Å². The number of nitrogens with one attached hydrogen (secondary N) is 1. The highest BCUT2D eigenvalue weighted by Crippen LogP contribution is 2.24. The highest BCUT2D eigenvalue weighted by Gasteiger charge is 2.23. The van der Waals surface area contributed by atoms with Crippen LogP contribution in [0.4, 0.5) is 5.69 Å². The van der Waals surface area contributed by atoms with E-state index in [1.807, 2.05) is 26.0 Å². The number of likely N-dealkylation sites (tertiary alicyclic amines) is 1. The number of amides is 1. The van der Waals surface area contributed by atoms with Crippen LogP contribution in [0.1, 0.15) is 39.9 Å². The molecule has 26 heavy (non-hydrogen) atoms. The van der Waals surface area contributed by atoms with E-state index in [1.165, 1.54) is 6.07 Å². The largest absolute Gasteiger partial charge is 0.339 e. The van der Waals surface area contributed by atoms with Gasteiger partial charge in [0.1, 0.15) is 0 Å². The molecule has 0 bridgehead atoms. The summed E-state index contributed by atoms with van der Waals surface area (Å²) in [5.74, 6) is -0.106. The molecule has 138 valence electrons. The Hall–Kier alpha value is -2.34. The lowest BCUT2D eigenvalue weighted by molar-refractivity contribution is 0.0792. The van der Waals surface area contributed by atoms with Gasteiger partial charge in [-0.15, -0.1) is 0 Å². The van der Waals surface area contributed by atoms with Crippen LogP contribution in [0.5, 0.6) is 0 Å². The summed E-state index contributed by atoms with van der Waals surface area (Å²) in [5.41, 5.74) is 3.50. The number of nitrogens with zero attached hydrogens (tertiary/aromatic N) is 1. The minimum Gasteiger partial charge on any atom is -0.339 e. The Morgan fingerprint density at radius 2 is 1.65 bits per heavy atom. The van der Waals surface area contributed by atoms with E-state index in [-0.39, 0.29) is 10.8 Å². The van der Waals surface area contributed by atoms with Gasteiger partial charge in [-0.05, 0) is 62.9 Å². The Morgan fingerprint density at radius 1 is 0.962 bits per heavy atom. The van der Waals surface area contributed by atoms with E-state index in [4.69, 9.17) is 0 Å². The molecule has 0 saturated carbocycles. The SMILES string of the molecule is Cc1ccc(NS(=O)(=O)c2cc(C(=O)N3CCCC3)ccc2C)c(C)c1. The lowest BCUT2D eigenvalue weighted by Gasteiger charge is -2.17. The van der Waals surface area contributed by atoms with Gasteiger partial charge in [-0.1, -0.05) is 23.8 Å². The second-order valence-electron chi connectivity index (χ2n) is 6.90. The van der Waals surface area contributed by atoms with E-state index in [1.54, 1.807) is 30.0 Å². The van der Waals surface area contributed by atoms with Crippen molar-refractivity contribution >= 4 is 21.6 Å². The number of sulfonamides is 1. The van der Waals surface area contributed by atoms with Gasteiger partial charge >= 0.3 is 0 Å². The highest BCUT2D eigenvalue weighted by atomic mass is 32.2. The number of benzene rings is 2. The van der Waals surface area contributed by atoms with Gasteiger partial charge in [0, 0.05) is 18.7 Å². The van der Waals surface area contributed by atoms with Crippen LogP contribution in [-0.4, -0.2) is 32.3 Å². The number of aryl methyl sites for hydroxylation is 3. The molecule has 1 heterocycles. The first-order chi connectivity index (χ1) is 12.3. The van der Waals surface area contributed by atoms with E-state index in [0.717, 1.165) is 37.1 Å². The second-order valence-corrected chi connectivity index (χ2v) is 8.55. The van der Waals surface area contributed by atoms with Crippen molar-refractivity contribution in [1.82, 2.24) is 4.90 Å². The van der Waals surface area contributed by atoms with Gasteiger partial charge in [0.15, 0.2) is 0 Å². The molecule has 1 amide bonds.